The van der Waals surface area contributed by atoms with Crippen LogP contribution in [0.4, 0.5) is 33.7 Å². The second-order valence-corrected chi connectivity index (χ2v) is 11.2. The maximum absolute atomic E-state index is 14.3. The minimum atomic E-state index is -4.56. The zero-order chi connectivity index (χ0) is 33.6. The lowest BCUT2D eigenvalue weighted by molar-refractivity contribution is -0.137. The molecule has 0 saturated carbocycles. The molecule has 0 aliphatic rings. The van der Waals surface area contributed by atoms with Gasteiger partial charge in [0.25, 0.3) is 5.91 Å². The first-order chi connectivity index (χ1) is 21.7. The van der Waals surface area contributed by atoms with Gasteiger partial charge >= 0.3 is 12.2 Å². The highest BCUT2D eigenvalue weighted by molar-refractivity contribution is 6.02. The van der Waals surface area contributed by atoms with E-state index < -0.39 is 41.1 Å². The van der Waals surface area contributed by atoms with Gasteiger partial charge in [-0.1, -0.05) is 24.3 Å². The third-order valence-corrected chi connectivity index (χ3v) is 6.55. The number of carbonyl (C=O) groups is 2. The number of ether oxygens (including phenoxy) is 3. The van der Waals surface area contributed by atoms with Crippen molar-refractivity contribution in [3.8, 4) is 17.2 Å². The molecule has 4 rings (SSSR count). The summed E-state index contributed by atoms with van der Waals surface area (Å²) < 4.78 is 70.8. The summed E-state index contributed by atoms with van der Waals surface area (Å²) in [6.07, 6.45) is -5.65. The summed E-state index contributed by atoms with van der Waals surface area (Å²) in [4.78, 5) is 26.3. The highest BCUT2D eigenvalue weighted by Gasteiger charge is 2.31. The van der Waals surface area contributed by atoms with Crippen molar-refractivity contribution >= 4 is 23.3 Å². The molecule has 8 nitrogen and oxygen atoms in total. The van der Waals surface area contributed by atoms with Gasteiger partial charge in [-0.2, -0.15) is 13.2 Å². The zero-order valence-electron chi connectivity index (χ0n) is 25.7. The zero-order valence-corrected chi connectivity index (χ0v) is 25.7. The van der Waals surface area contributed by atoms with Crippen LogP contribution < -0.4 is 30.2 Å². The number of hydrogen-bond donors (Lipinski definition) is 3. The largest absolute Gasteiger partial charge is 0.493 e. The molecule has 0 aromatic heterocycles. The first-order valence-corrected chi connectivity index (χ1v) is 14.0. The van der Waals surface area contributed by atoms with E-state index in [1.165, 1.54) is 62.8 Å². The topological polar surface area (TPSA) is 97.9 Å². The summed E-state index contributed by atoms with van der Waals surface area (Å²) in [7, 11) is 2.95. The van der Waals surface area contributed by atoms with E-state index in [0.717, 1.165) is 12.1 Å². The normalized spacial score (nSPS) is 12.1. The van der Waals surface area contributed by atoms with Crippen molar-refractivity contribution in [2.75, 3.05) is 24.9 Å². The van der Waals surface area contributed by atoms with Gasteiger partial charge in [0.1, 0.15) is 17.7 Å². The van der Waals surface area contributed by atoms with Crippen molar-refractivity contribution in [1.82, 2.24) is 5.32 Å². The predicted octanol–water partition coefficient (Wildman–Crippen LogP) is 8.20. The van der Waals surface area contributed by atoms with E-state index in [1.807, 2.05) is 0 Å². The molecule has 0 spiro atoms. The van der Waals surface area contributed by atoms with Crippen molar-refractivity contribution < 1.29 is 41.4 Å². The number of halogens is 4. The standard InChI is InChI=1S/C34H33F4N3O5/c1-33(2,3)41-31(42)26-18-24(39-32(43)40-25-14-16-28(44-4)29(19-25)45-5)13-15-27(26)46-30(21-7-6-8-23(35)17-21)20-9-11-22(12-10-20)34(36,37)38/h6-19,30H,1-5H3,(H,41,42)(H2,39,40,43). The highest BCUT2D eigenvalue weighted by Crippen LogP contribution is 2.35. The summed E-state index contributed by atoms with van der Waals surface area (Å²) in [5, 5.41) is 8.20. The Morgan fingerprint density at radius 2 is 1.33 bits per heavy atom. The van der Waals surface area contributed by atoms with Crippen molar-refractivity contribution in [3.63, 3.8) is 0 Å². The molecule has 46 heavy (non-hydrogen) atoms. The van der Waals surface area contributed by atoms with Gasteiger partial charge in [0.05, 0.1) is 25.3 Å². The summed E-state index contributed by atoms with van der Waals surface area (Å²) in [6.45, 7) is 5.34. The van der Waals surface area contributed by atoms with Gasteiger partial charge < -0.3 is 30.2 Å². The molecular weight excluding hydrogens is 606 g/mol. The minimum absolute atomic E-state index is 0.0205. The van der Waals surface area contributed by atoms with Crippen LogP contribution >= 0.6 is 0 Å². The summed E-state index contributed by atoms with van der Waals surface area (Å²) in [5.41, 5.74) is -0.251. The Labute approximate surface area is 263 Å². The Hall–Kier alpha value is -5.26. The number of methoxy groups -OCH3 is 2. The van der Waals surface area contributed by atoms with Crippen LogP contribution in [-0.2, 0) is 6.18 Å². The minimum Gasteiger partial charge on any atom is -0.493 e. The number of benzene rings is 4. The first kappa shape index (κ1) is 33.6. The van der Waals surface area contributed by atoms with E-state index in [0.29, 0.717) is 22.7 Å². The van der Waals surface area contributed by atoms with E-state index >= 15 is 0 Å². The number of urea groups is 1. The summed E-state index contributed by atoms with van der Waals surface area (Å²) >= 11 is 0. The number of nitrogens with one attached hydrogen (secondary N) is 3. The first-order valence-electron chi connectivity index (χ1n) is 14.0. The van der Waals surface area contributed by atoms with E-state index in [2.05, 4.69) is 16.0 Å². The SMILES string of the molecule is COc1ccc(NC(=O)Nc2ccc(OC(c3ccc(C(F)(F)F)cc3)c3cccc(F)c3)c(C(=O)NC(C)(C)C)c2)cc1OC. The monoisotopic (exact) mass is 639 g/mol. The molecule has 4 aromatic rings. The fourth-order valence-electron chi connectivity index (χ4n) is 4.48. The molecule has 3 amide bonds. The number of hydrogen-bond acceptors (Lipinski definition) is 5. The van der Waals surface area contributed by atoms with Gasteiger partial charge in [0.15, 0.2) is 11.5 Å². The average molecular weight is 640 g/mol. The molecule has 0 bridgehead atoms. The molecule has 1 atom stereocenters. The summed E-state index contributed by atoms with van der Waals surface area (Å²) in [6, 6.07) is 18.3. The lowest BCUT2D eigenvalue weighted by Gasteiger charge is -2.25. The lowest BCUT2D eigenvalue weighted by atomic mass is 9.99. The molecule has 0 heterocycles. The molecule has 0 aliphatic heterocycles. The van der Waals surface area contributed by atoms with E-state index in [1.54, 1.807) is 45.0 Å². The van der Waals surface area contributed by atoms with Crippen LogP contribution in [0.3, 0.4) is 0 Å². The van der Waals surface area contributed by atoms with Crippen LogP contribution in [0.25, 0.3) is 0 Å². The number of rotatable bonds is 9. The molecule has 0 radical (unpaired) electrons. The van der Waals surface area contributed by atoms with Gasteiger partial charge in [-0.15, -0.1) is 0 Å². The quantitative estimate of drug-likeness (QED) is 0.161. The highest BCUT2D eigenvalue weighted by atomic mass is 19.4. The molecule has 0 fully saturated rings. The Kier molecular flexibility index (Phi) is 10.1. The predicted molar refractivity (Wildman–Crippen MR) is 166 cm³/mol. The van der Waals surface area contributed by atoms with E-state index in [4.69, 9.17) is 14.2 Å². The van der Waals surface area contributed by atoms with Crippen LogP contribution in [0.15, 0.2) is 84.9 Å². The third kappa shape index (κ3) is 8.68. The maximum atomic E-state index is 14.3. The Morgan fingerprint density at radius 3 is 1.89 bits per heavy atom. The Balaban J connectivity index is 1.68. The molecule has 1 unspecified atom stereocenters. The van der Waals surface area contributed by atoms with Gasteiger partial charge in [0, 0.05) is 23.0 Å². The fourth-order valence-corrected chi connectivity index (χ4v) is 4.48. The van der Waals surface area contributed by atoms with Gasteiger partial charge in [-0.05, 0) is 86.5 Å². The average Bonchev–Trinajstić information content (AvgIpc) is 2.99. The number of amides is 3. The van der Waals surface area contributed by atoms with Crippen LogP contribution in [0, 0.1) is 5.82 Å². The molecular formula is C34H33F4N3O5. The smallest absolute Gasteiger partial charge is 0.416 e. The molecule has 242 valence electrons. The number of alkyl halides is 3. The van der Waals surface area contributed by atoms with Crippen molar-refractivity contribution in [2.45, 2.75) is 38.6 Å². The van der Waals surface area contributed by atoms with Crippen LogP contribution in [0.5, 0.6) is 17.2 Å². The van der Waals surface area contributed by atoms with Crippen LogP contribution in [0.1, 0.15) is 53.9 Å². The fraction of sp³-hybridized carbons (Fsp3) is 0.235. The molecule has 3 N–H and O–H groups in total. The Morgan fingerprint density at radius 1 is 0.717 bits per heavy atom. The molecule has 0 aliphatic carbocycles. The maximum Gasteiger partial charge on any atom is 0.416 e. The van der Waals surface area contributed by atoms with Gasteiger partial charge in [-0.3, -0.25) is 4.79 Å². The number of carbonyl (C=O) groups excluding carboxylic acids is 2. The molecule has 12 heteroatoms. The second-order valence-electron chi connectivity index (χ2n) is 11.2. The third-order valence-electron chi connectivity index (χ3n) is 6.55. The van der Waals surface area contributed by atoms with Crippen molar-refractivity contribution in [2.24, 2.45) is 0 Å². The summed E-state index contributed by atoms with van der Waals surface area (Å²) in [5.74, 6) is -0.197. The molecule has 0 saturated heterocycles. The van der Waals surface area contributed by atoms with E-state index in [-0.39, 0.29) is 22.6 Å². The molecule has 4 aromatic carbocycles. The van der Waals surface area contributed by atoms with Crippen molar-refractivity contribution in [3.05, 3.63) is 113 Å². The second kappa shape index (κ2) is 13.8. The van der Waals surface area contributed by atoms with Crippen LogP contribution in [-0.4, -0.2) is 31.7 Å². The number of anilines is 2. The van der Waals surface area contributed by atoms with E-state index in [9.17, 15) is 27.2 Å². The van der Waals surface area contributed by atoms with Crippen LogP contribution in [0.2, 0.25) is 0 Å². The van der Waals surface area contributed by atoms with Crippen molar-refractivity contribution in [1.29, 1.82) is 0 Å². The lowest BCUT2D eigenvalue weighted by Crippen LogP contribution is -2.40. The Bertz CT molecular complexity index is 1700. The van der Waals surface area contributed by atoms with Gasteiger partial charge in [-0.25, -0.2) is 9.18 Å². The van der Waals surface area contributed by atoms with Gasteiger partial charge in [0.2, 0.25) is 0 Å².